The molecular weight excluding hydrogens is 495 g/mol. The summed E-state index contributed by atoms with van der Waals surface area (Å²) in [6.45, 7) is 1.68. The van der Waals surface area contributed by atoms with Crippen LogP contribution >= 0.6 is 58.8 Å². The Morgan fingerprint density at radius 1 is 1.33 bits per heavy atom. The third-order valence-corrected chi connectivity index (χ3v) is 5.74. The van der Waals surface area contributed by atoms with Crippen LogP contribution < -0.4 is 10.1 Å². The van der Waals surface area contributed by atoms with Crippen LogP contribution in [0.25, 0.3) is 6.08 Å². The number of ether oxygens (including phenoxy) is 1. The minimum Gasteiger partial charge on any atom is -0.481 e. The van der Waals surface area contributed by atoms with E-state index in [0.29, 0.717) is 20.5 Å². The second kappa shape index (κ2) is 10.7. The molecule has 0 aliphatic carbocycles. The molecule has 0 aromatic heterocycles. The number of carbonyl (C=O) groups is 3. The predicted molar refractivity (Wildman–Crippen MR) is 122 cm³/mol. The fraction of sp³-hybridized carbons (Fsp3) is 0.333. The number of carboxylic acid groups (broad SMARTS) is 1. The molecule has 0 saturated carbocycles. The summed E-state index contributed by atoms with van der Waals surface area (Å²) in [7, 11) is 0. The number of halogens is 3. The number of nitrogens with zero attached hydrogens (tertiary/aromatic N) is 1. The van der Waals surface area contributed by atoms with Gasteiger partial charge in [0, 0.05) is 13.0 Å². The van der Waals surface area contributed by atoms with Gasteiger partial charge in [-0.3, -0.25) is 19.3 Å². The lowest BCUT2D eigenvalue weighted by molar-refractivity contribution is -0.137. The Hall–Kier alpha value is -1.52. The van der Waals surface area contributed by atoms with Gasteiger partial charge in [-0.15, -0.1) is 0 Å². The van der Waals surface area contributed by atoms with Gasteiger partial charge in [0.15, 0.2) is 0 Å². The van der Waals surface area contributed by atoms with E-state index in [2.05, 4.69) is 5.32 Å². The van der Waals surface area contributed by atoms with Gasteiger partial charge in [0.1, 0.15) is 10.1 Å². The number of amides is 2. The average molecular weight is 512 g/mol. The maximum absolute atomic E-state index is 12.4. The Labute approximate surface area is 197 Å². The number of hydrogen-bond acceptors (Lipinski definition) is 6. The highest BCUT2D eigenvalue weighted by molar-refractivity contribution is 8.26. The van der Waals surface area contributed by atoms with Crippen LogP contribution in [0.15, 0.2) is 29.2 Å². The van der Waals surface area contributed by atoms with Crippen molar-refractivity contribution in [2.24, 2.45) is 0 Å². The van der Waals surface area contributed by atoms with Crippen LogP contribution in [0.5, 0.6) is 5.75 Å². The Balaban J connectivity index is 2.10. The fourth-order valence-electron chi connectivity index (χ4n) is 2.26. The molecule has 0 radical (unpaired) electrons. The van der Waals surface area contributed by atoms with Gasteiger partial charge in [-0.2, -0.15) is 0 Å². The second-order valence-corrected chi connectivity index (χ2v) is 10.1. The first-order valence-electron chi connectivity index (χ1n) is 8.61. The molecule has 30 heavy (non-hydrogen) atoms. The van der Waals surface area contributed by atoms with Crippen molar-refractivity contribution in [1.29, 1.82) is 0 Å². The van der Waals surface area contributed by atoms with Crippen LogP contribution in [0.3, 0.4) is 0 Å². The number of nitrogens with one attached hydrogen (secondary N) is 1. The van der Waals surface area contributed by atoms with E-state index < -0.39 is 16.0 Å². The molecule has 1 saturated heterocycles. The third-order valence-electron chi connectivity index (χ3n) is 3.77. The summed E-state index contributed by atoms with van der Waals surface area (Å²) < 4.78 is 4.01. The van der Waals surface area contributed by atoms with Crippen molar-refractivity contribution in [3.05, 3.63) is 34.7 Å². The molecule has 1 aromatic carbocycles. The van der Waals surface area contributed by atoms with Gasteiger partial charge < -0.3 is 15.2 Å². The second-order valence-electron chi connectivity index (χ2n) is 6.01. The number of carboxylic acids is 1. The van der Waals surface area contributed by atoms with Crippen molar-refractivity contribution in [1.82, 2.24) is 10.2 Å². The van der Waals surface area contributed by atoms with Gasteiger partial charge in [-0.05, 0) is 23.8 Å². The van der Waals surface area contributed by atoms with Crippen molar-refractivity contribution in [2.45, 2.75) is 29.8 Å². The van der Waals surface area contributed by atoms with Crippen LogP contribution in [0.4, 0.5) is 0 Å². The molecule has 1 aliphatic rings. The Morgan fingerprint density at radius 3 is 2.50 bits per heavy atom. The third kappa shape index (κ3) is 7.02. The SMILES string of the molecule is CCC(=O)NC(Oc1ccc(/C=C2\SC(=S)N(CCC(=O)O)C2=O)cc1)C(Cl)(Cl)Cl. The Morgan fingerprint density at radius 2 is 1.97 bits per heavy atom. The Bertz CT molecular complexity index is 872. The molecule has 7 nitrogen and oxygen atoms in total. The average Bonchev–Trinajstić information content (AvgIpc) is 2.93. The summed E-state index contributed by atoms with van der Waals surface area (Å²) in [6, 6.07) is 6.55. The van der Waals surface area contributed by atoms with Crippen molar-refractivity contribution in [3.63, 3.8) is 0 Å². The molecule has 1 aliphatic heterocycles. The van der Waals surface area contributed by atoms with E-state index in [1.54, 1.807) is 37.3 Å². The number of thiocarbonyl (C=S) groups is 1. The van der Waals surface area contributed by atoms with Crippen molar-refractivity contribution in [2.75, 3.05) is 6.54 Å². The summed E-state index contributed by atoms with van der Waals surface area (Å²) in [6.07, 6.45) is 0.454. The minimum absolute atomic E-state index is 0.0199. The molecule has 0 bridgehead atoms. The van der Waals surface area contributed by atoms with Crippen molar-refractivity contribution >= 4 is 87.0 Å². The van der Waals surface area contributed by atoms with E-state index in [9.17, 15) is 14.4 Å². The summed E-state index contributed by atoms with van der Waals surface area (Å²) in [5, 5.41) is 11.3. The zero-order chi connectivity index (χ0) is 22.5. The smallest absolute Gasteiger partial charge is 0.305 e. The number of carbonyl (C=O) groups excluding carboxylic acids is 2. The van der Waals surface area contributed by atoms with Crippen LogP contribution in [0.2, 0.25) is 0 Å². The van der Waals surface area contributed by atoms with Gasteiger partial charge in [0.25, 0.3) is 5.91 Å². The molecule has 1 fully saturated rings. The highest BCUT2D eigenvalue weighted by Gasteiger charge is 2.36. The fourth-order valence-corrected chi connectivity index (χ4v) is 3.86. The number of aliphatic carboxylic acids is 1. The van der Waals surface area contributed by atoms with E-state index in [4.69, 9.17) is 56.9 Å². The molecule has 162 valence electrons. The normalized spacial score (nSPS) is 16.7. The minimum atomic E-state index is -1.88. The first-order valence-corrected chi connectivity index (χ1v) is 11.0. The van der Waals surface area contributed by atoms with E-state index >= 15 is 0 Å². The largest absolute Gasteiger partial charge is 0.481 e. The Kier molecular flexibility index (Phi) is 8.81. The summed E-state index contributed by atoms with van der Waals surface area (Å²) in [5.74, 6) is -1.35. The lowest BCUT2D eigenvalue weighted by atomic mass is 10.2. The van der Waals surface area contributed by atoms with E-state index in [-0.39, 0.29) is 31.2 Å². The van der Waals surface area contributed by atoms with Gasteiger partial charge in [-0.1, -0.05) is 77.8 Å². The molecule has 1 unspecified atom stereocenters. The van der Waals surface area contributed by atoms with Crippen molar-refractivity contribution in [3.8, 4) is 5.75 Å². The lowest BCUT2D eigenvalue weighted by Gasteiger charge is -2.26. The molecule has 1 heterocycles. The zero-order valence-electron chi connectivity index (χ0n) is 15.6. The predicted octanol–water partition coefficient (Wildman–Crippen LogP) is 3.96. The molecular formula is C18H17Cl3N2O5S2. The quantitative estimate of drug-likeness (QED) is 0.236. The number of rotatable bonds is 8. The van der Waals surface area contributed by atoms with Gasteiger partial charge in [-0.25, -0.2) is 0 Å². The topological polar surface area (TPSA) is 95.9 Å². The first kappa shape index (κ1) is 24.7. The maximum Gasteiger partial charge on any atom is 0.305 e. The molecule has 2 rings (SSSR count). The molecule has 2 N–H and O–H groups in total. The maximum atomic E-state index is 12.4. The molecule has 1 atom stereocenters. The van der Waals surface area contributed by atoms with E-state index in [0.717, 1.165) is 11.8 Å². The molecule has 2 amide bonds. The van der Waals surface area contributed by atoms with Crippen molar-refractivity contribution < 1.29 is 24.2 Å². The van der Waals surface area contributed by atoms with E-state index in [1.807, 2.05) is 0 Å². The van der Waals surface area contributed by atoms with Crippen LogP contribution in [0, 0.1) is 0 Å². The van der Waals surface area contributed by atoms with Gasteiger partial charge in [0.05, 0.1) is 11.3 Å². The highest BCUT2D eigenvalue weighted by Crippen LogP contribution is 2.34. The monoisotopic (exact) mass is 510 g/mol. The van der Waals surface area contributed by atoms with Gasteiger partial charge >= 0.3 is 5.97 Å². The first-order chi connectivity index (χ1) is 14.0. The van der Waals surface area contributed by atoms with E-state index in [1.165, 1.54) is 4.90 Å². The standard InChI is InChI=1S/C18H17Cl3N2O5S2/c1-2-13(24)22-16(18(19,20)21)28-11-5-3-10(4-6-11)9-12-15(27)23(17(29)30-12)8-7-14(25)26/h3-6,9,16H,2,7-8H2,1H3,(H,22,24)(H,25,26)/b12-9-. The van der Waals surface area contributed by atoms with Crippen LogP contribution in [0.1, 0.15) is 25.3 Å². The van der Waals surface area contributed by atoms with Crippen LogP contribution in [-0.2, 0) is 14.4 Å². The molecule has 1 aromatic rings. The molecule has 12 heteroatoms. The number of benzene rings is 1. The zero-order valence-corrected chi connectivity index (χ0v) is 19.5. The summed E-state index contributed by atoms with van der Waals surface area (Å²) >= 11 is 23.9. The summed E-state index contributed by atoms with van der Waals surface area (Å²) in [5.41, 5.74) is 0.684. The van der Waals surface area contributed by atoms with Gasteiger partial charge in [0.2, 0.25) is 15.9 Å². The lowest BCUT2D eigenvalue weighted by Crippen LogP contribution is -2.47. The number of hydrogen-bond donors (Lipinski definition) is 2. The number of alkyl halides is 3. The van der Waals surface area contributed by atoms with Crippen LogP contribution in [-0.4, -0.2) is 48.7 Å². The molecule has 0 spiro atoms. The highest BCUT2D eigenvalue weighted by atomic mass is 35.6. The number of thioether (sulfide) groups is 1. The summed E-state index contributed by atoms with van der Waals surface area (Å²) in [4.78, 5) is 36.4.